The monoisotopic (exact) mass is 488 g/mol. The highest BCUT2D eigenvalue weighted by molar-refractivity contribution is 14.0. The topological polar surface area (TPSA) is 48.9 Å². The lowest BCUT2D eigenvalue weighted by atomic mass is 10.2. The maximum atomic E-state index is 6.16. The Hall–Kier alpha value is -0.280. The molecule has 8 heteroatoms. The summed E-state index contributed by atoms with van der Waals surface area (Å²) in [5.41, 5.74) is 0.982. The minimum atomic E-state index is 0. The maximum Gasteiger partial charge on any atom is 0.191 e. The lowest BCUT2D eigenvalue weighted by Crippen LogP contribution is -2.40. The number of aliphatic imine (C=N–C) groups is 1. The smallest absolute Gasteiger partial charge is 0.191 e. The fraction of sp³-hybridized carbons (Fsp3) is 0.562. The van der Waals surface area contributed by atoms with Crippen LogP contribution < -0.4 is 10.6 Å². The van der Waals surface area contributed by atoms with Crippen molar-refractivity contribution in [2.45, 2.75) is 13.0 Å². The Morgan fingerprint density at radius 3 is 2.62 bits per heavy atom. The average Bonchev–Trinajstić information content (AvgIpc) is 2.52. The fourth-order valence-corrected chi connectivity index (χ4v) is 2.50. The molecule has 0 bridgehead atoms. The van der Waals surface area contributed by atoms with Gasteiger partial charge in [0.15, 0.2) is 5.96 Å². The Morgan fingerprint density at radius 1 is 1.25 bits per heavy atom. The van der Waals surface area contributed by atoms with Crippen LogP contribution >= 0.6 is 47.2 Å². The van der Waals surface area contributed by atoms with Gasteiger partial charge in [0.05, 0.1) is 0 Å². The predicted molar refractivity (Wildman–Crippen MR) is 114 cm³/mol. The molecule has 0 aromatic heterocycles. The Balaban J connectivity index is 0.00000529. The molecule has 0 atom stereocenters. The first kappa shape index (κ1) is 23.7. The van der Waals surface area contributed by atoms with Crippen LogP contribution in [-0.2, 0) is 11.3 Å². The van der Waals surface area contributed by atoms with E-state index in [2.05, 4.69) is 27.6 Å². The van der Waals surface area contributed by atoms with Gasteiger partial charge in [-0.25, -0.2) is 0 Å². The normalized spacial score (nSPS) is 11.3. The summed E-state index contributed by atoms with van der Waals surface area (Å²) in [6.07, 6.45) is 1.04. The molecule has 0 aliphatic carbocycles. The first-order valence-electron chi connectivity index (χ1n) is 7.62. The molecule has 1 rings (SSSR count). The number of hydrogen-bond donors (Lipinski definition) is 2. The van der Waals surface area contributed by atoms with Gasteiger partial charge in [-0.15, -0.1) is 24.0 Å². The first-order chi connectivity index (χ1) is 11.1. The molecule has 0 fully saturated rings. The van der Waals surface area contributed by atoms with Crippen molar-refractivity contribution in [3.05, 3.63) is 33.8 Å². The van der Waals surface area contributed by atoms with Crippen molar-refractivity contribution >= 4 is 53.1 Å². The molecule has 0 spiro atoms. The van der Waals surface area contributed by atoms with Crippen LogP contribution in [0.5, 0.6) is 0 Å². The Kier molecular flexibility index (Phi) is 13.8. The number of rotatable bonds is 9. The lowest BCUT2D eigenvalue weighted by Gasteiger charge is -2.18. The van der Waals surface area contributed by atoms with Crippen molar-refractivity contribution in [3.63, 3.8) is 0 Å². The predicted octanol–water partition coefficient (Wildman–Crippen LogP) is 3.24. The zero-order valence-corrected chi connectivity index (χ0v) is 18.3. The van der Waals surface area contributed by atoms with Crippen LogP contribution in [0.25, 0.3) is 0 Å². The van der Waals surface area contributed by atoms with Crippen molar-refractivity contribution in [2.24, 2.45) is 4.99 Å². The molecule has 5 nitrogen and oxygen atoms in total. The van der Waals surface area contributed by atoms with Gasteiger partial charge in [-0.2, -0.15) is 0 Å². The van der Waals surface area contributed by atoms with Crippen LogP contribution in [0, 0.1) is 0 Å². The highest BCUT2D eigenvalue weighted by Crippen LogP contribution is 2.20. The minimum absolute atomic E-state index is 0. The minimum Gasteiger partial charge on any atom is -0.385 e. The highest BCUT2D eigenvalue weighted by Gasteiger charge is 2.04. The quantitative estimate of drug-likeness (QED) is 0.242. The molecule has 1 aromatic rings. The van der Waals surface area contributed by atoms with Gasteiger partial charge in [-0.05, 0) is 31.2 Å². The fourth-order valence-electron chi connectivity index (χ4n) is 2.02. The number of guanidine groups is 1. The molecule has 0 amide bonds. The van der Waals surface area contributed by atoms with Crippen molar-refractivity contribution in [1.29, 1.82) is 0 Å². The van der Waals surface area contributed by atoms with E-state index in [1.165, 1.54) is 0 Å². The second kappa shape index (κ2) is 13.9. The van der Waals surface area contributed by atoms with Crippen molar-refractivity contribution < 1.29 is 4.74 Å². The number of likely N-dealkylation sites (N-methyl/N-ethyl adjacent to an activating group) is 1. The Morgan fingerprint density at radius 2 is 2.00 bits per heavy atom. The Bertz CT molecular complexity index is 503. The van der Waals surface area contributed by atoms with Gasteiger partial charge < -0.3 is 20.3 Å². The molecule has 0 radical (unpaired) electrons. The number of nitrogens with one attached hydrogen (secondary N) is 2. The molecule has 0 saturated heterocycles. The van der Waals surface area contributed by atoms with Gasteiger partial charge in [0.25, 0.3) is 0 Å². The highest BCUT2D eigenvalue weighted by atomic mass is 127. The number of halogens is 3. The lowest BCUT2D eigenvalue weighted by molar-refractivity contribution is 0.180. The molecule has 0 saturated carbocycles. The number of methoxy groups -OCH3 is 1. The molecular weight excluding hydrogens is 462 g/mol. The second-order valence-corrected chi connectivity index (χ2v) is 6.08. The van der Waals surface area contributed by atoms with Crippen molar-refractivity contribution in [2.75, 3.05) is 47.4 Å². The zero-order valence-electron chi connectivity index (χ0n) is 14.4. The van der Waals surface area contributed by atoms with Gasteiger partial charge >= 0.3 is 0 Å². The van der Waals surface area contributed by atoms with Crippen LogP contribution in [0.3, 0.4) is 0 Å². The van der Waals surface area contributed by atoms with E-state index in [9.17, 15) is 0 Å². The van der Waals surface area contributed by atoms with Crippen molar-refractivity contribution in [1.82, 2.24) is 15.5 Å². The van der Waals surface area contributed by atoms with E-state index in [1.54, 1.807) is 20.2 Å². The summed E-state index contributed by atoms with van der Waals surface area (Å²) in [7, 11) is 5.58. The summed E-state index contributed by atoms with van der Waals surface area (Å²) in [6, 6.07) is 5.48. The molecule has 138 valence electrons. The number of nitrogens with zero attached hydrogens (tertiary/aromatic N) is 2. The second-order valence-electron chi connectivity index (χ2n) is 5.24. The Labute approximate surface area is 172 Å². The van der Waals surface area contributed by atoms with Gasteiger partial charge in [0, 0.05) is 57.0 Å². The summed E-state index contributed by atoms with van der Waals surface area (Å²) in [4.78, 5) is 6.47. The van der Waals surface area contributed by atoms with Crippen LogP contribution in [0.4, 0.5) is 0 Å². The van der Waals surface area contributed by atoms with Gasteiger partial charge in [0.2, 0.25) is 0 Å². The van der Waals surface area contributed by atoms with Crippen LogP contribution in [0.1, 0.15) is 12.0 Å². The molecule has 24 heavy (non-hydrogen) atoms. The molecule has 1 aromatic carbocycles. The van der Waals surface area contributed by atoms with Crippen LogP contribution in [-0.4, -0.2) is 58.3 Å². The third kappa shape index (κ3) is 9.88. The van der Waals surface area contributed by atoms with Gasteiger partial charge in [-0.3, -0.25) is 4.99 Å². The van der Waals surface area contributed by atoms with E-state index < -0.39 is 0 Å². The SMILES string of the molecule is CN=C(NCCN(C)CCCOC)NCc1ccc(Cl)cc1Cl.I. The molecular formula is C16H27Cl2IN4O. The van der Waals surface area contributed by atoms with Gasteiger partial charge in [0.1, 0.15) is 0 Å². The molecule has 0 heterocycles. The summed E-state index contributed by atoms with van der Waals surface area (Å²) >= 11 is 12.1. The number of ether oxygens (including phenoxy) is 1. The third-order valence-corrected chi connectivity index (χ3v) is 3.95. The number of benzene rings is 1. The summed E-state index contributed by atoms with van der Waals surface area (Å²) in [5, 5.41) is 7.82. The molecule has 0 aliphatic heterocycles. The van der Waals surface area contributed by atoms with E-state index in [0.717, 1.165) is 44.2 Å². The van der Waals surface area contributed by atoms with Crippen LogP contribution in [0.15, 0.2) is 23.2 Å². The standard InChI is InChI=1S/C16H26Cl2N4O.HI/c1-19-16(20-7-9-22(2)8-4-10-23-3)21-12-13-5-6-14(17)11-15(13)18;/h5-6,11H,4,7-10,12H2,1-3H3,(H2,19,20,21);1H. The maximum absolute atomic E-state index is 6.16. The zero-order chi connectivity index (χ0) is 17.1. The first-order valence-corrected chi connectivity index (χ1v) is 8.38. The summed E-state index contributed by atoms with van der Waals surface area (Å²) in [6.45, 7) is 4.16. The third-order valence-electron chi connectivity index (χ3n) is 3.36. The largest absolute Gasteiger partial charge is 0.385 e. The van der Waals surface area contributed by atoms with Crippen molar-refractivity contribution in [3.8, 4) is 0 Å². The van der Waals surface area contributed by atoms with E-state index in [1.807, 2.05) is 12.1 Å². The average molecular weight is 489 g/mol. The number of hydrogen-bond acceptors (Lipinski definition) is 3. The van der Waals surface area contributed by atoms with E-state index >= 15 is 0 Å². The van der Waals surface area contributed by atoms with E-state index in [-0.39, 0.29) is 24.0 Å². The van der Waals surface area contributed by atoms with Gasteiger partial charge in [-0.1, -0.05) is 29.3 Å². The van der Waals surface area contributed by atoms with E-state index in [0.29, 0.717) is 16.6 Å². The van der Waals surface area contributed by atoms with E-state index in [4.69, 9.17) is 27.9 Å². The molecule has 0 aliphatic rings. The molecule has 0 unspecified atom stereocenters. The molecule has 2 N–H and O–H groups in total. The van der Waals surface area contributed by atoms with Crippen LogP contribution in [0.2, 0.25) is 10.0 Å². The summed E-state index contributed by atoms with van der Waals surface area (Å²) < 4.78 is 5.05. The summed E-state index contributed by atoms with van der Waals surface area (Å²) in [5.74, 6) is 0.751.